The summed E-state index contributed by atoms with van der Waals surface area (Å²) in [5.74, 6) is 2.63. The number of aliphatic imine (C=N–C) groups is 1. The highest BCUT2D eigenvalue weighted by atomic mass is 28.3. The molecule has 0 fully saturated rings. The number of nitro benzene ring substituents is 1. The predicted octanol–water partition coefficient (Wildman–Crippen LogP) is 7.18. The third-order valence-corrected chi connectivity index (χ3v) is 8.62. The number of anilines is 2. The van der Waals surface area contributed by atoms with Gasteiger partial charge in [-0.25, -0.2) is 20.0 Å². The van der Waals surface area contributed by atoms with E-state index in [-0.39, 0.29) is 5.69 Å². The molecular weight excluding hydrogens is 562 g/mol. The van der Waals surface area contributed by atoms with Crippen LogP contribution >= 0.6 is 0 Å². The highest BCUT2D eigenvalue weighted by Gasteiger charge is 2.29. The van der Waals surface area contributed by atoms with E-state index in [9.17, 15) is 10.1 Å². The van der Waals surface area contributed by atoms with Gasteiger partial charge in [0.15, 0.2) is 11.7 Å². The van der Waals surface area contributed by atoms with E-state index >= 15 is 0 Å². The molecule has 12 heteroatoms. The first-order valence-electron chi connectivity index (χ1n) is 13.9. The molecule has 1 aliphatic heterocycles. The first-order valence-corrected chi connectivity index (χ1v) is 17.6. The summed E-state index contributed by atoms with van der Waals surface area (Å²) in [5, 5.41) is 13.8. The summed E-state index contributed by atoms with van der Waals surface area (Å²) >= 11 is 0. The summed E-state index contributed by atoms with van der Waals surface area (Å²) in [5.41, 5.74) is 6.28. The van der Waals surface area contributed by atoms with Gasteiger partial charge in [-0.15, -0.1) is 0 Å². The minimum atomic E-state index is -1.23. The maximum Gasteiger partial charge on any atom is 0.269 e. The number of para-hydroxylation sites is 1. The van der Waals surface area contributed by atoms with Crippen molar-refractivity contribution in [3.05, 3.63) is 107 Å². The van der Waals surface area contributed by atoms with Crippen molar-refractivity contribution >= 4 is 47.8 Å². The fourth-order valence-corrected chi connectivity index (χ4v) is 5.41. The second-order valence-corrected chi connectivity index (χ2v) is 17.0. The van der Waals surface area contributed by atoms with Gasteiger partial charge in [-0.1, -0.05) is 37.8 Å². The van der Waals surface area contributed by atoms with Crippen molar-refractivity contribution in [3.63, 3.8) is 0 Å². The quantitative estimate of drug-likeness (QED) is 0.0783. The molecule has 1 N–H and O–H groups in total. The van der Waals surface area contributed by atoms with Gasteiger partial charge in [0.1, 0.15) is 30.2 Å². The molecule has 218 valence electrons. The van der Waals surface area contributed by atoms with Crippen molar-refractivity contribution in [2.45, 2.75) is 32.4 Å². The molecule has 0 spiro atoms. The summed E-state index contributed by atoms with van der Waals surface area (Å²) in [7, 11) is -1.23. The van der Waals surface area contributed by atoms with E-state index in [0.717, 1.165) is 22.7 Å². The van der Waals surface area contributed by atoms with Crippen LogP contribution in [0.1, 0.15) is 5.56 Å². The van der Waals surface area contributed by atoms with Crippen molar-refractivity contribution in [3.8, 4) is 11.5 Å². The summed E-state index contributed by atoms with van der Waals surface area (Å²) < 4.78 is 14.0. The second kappa shape index (κ2) is 11.7. The Balaban J connectivity index is 1.37. The fraction of sp³-hybridized carbons (Fsp3) is 0.194. The fourth-order valence-electron chi connectivity index (χ4n) is 4.65. The lowest BCUT2D eigenvalue weighted by molar-refractivity contribution is -0.384. The number of benzene rings is 3. The van der Waals surface area contributed by atoms with Crippen LogP contribution in [0.4, 0.5) is 22.9 Å². The lowest BCUT2D eigenvalue weighted by Gasteiger charge is -2.30. The van der Waals surface area contributed by atoms with Gasteiger partial charge in [0.05, 0.1) is 21.7 Å². The molecule has 0 atom stereocenters. The normalized spacial score (nSPS) is 13.7. The molecule has 43 heavy (non-hydrogen) atoms. The van der Waals surface area contributed by atoms with Crippen LogP contribution < -0.4 is 15.2 Å². The molecule has 0 bridgehead atoms. The van der Waals surface area contributed by atoms with Crippen LogP contribution in [-0.4, -0.2) is 40.0 Å². The number of hydrogen-bond acceptors (Lipinski definition) is 8. The standard InChI is InChI=1S/C31H31N7O4Si/c1-43(2,3)18-17-41-21-36-19-27-28-30(36)32-20-33-31(28)37(23-11-13-24(14-12-23)38(39)40)35-29(27)34-22-9-15-26(16-10-22)42-25-7-5-4-6-8-25/h4-16,19-20H,17-18,21H2,1-3H3,(H,34,35). The Labute approximate surface area is 249 Å². The van der Waals surface area contributed by atoms with Crippen molar-refractivity contribution in [2.75, 3.05) is 11.6 Å². The van der Waals surface area contributed by atoms with E-state index in [2.05, 4.69) is 35.0 Å². The Morgan fingerprint density at radius 3 is 2.37 bits per heavy atom. The number of ether oxygens (including phenoxy) is 2. The Morgan fingerprint density at radius 2 is 1.67 bits per heavy atom. The molecule has 0 unspecified atom stereocenters. The molecule has 0 saturated carbocycles. The van der Waals surface area contributed by atoms with Crippen LogP contribution in [0, 0.1) is 10.1 Å². The molecule has 0 aliphatic carbocycles. The first kappa shape index (κ1) is 28.1. The number of nitrogens with zero attached hydrogens (tertiary/aromatic N) is 6. The third kappa shape index (κ3) is 6.25. The van der Waals surface area contributed by atoms with Gasteiger partial charge in [-0.3, -0.25) is 15.5 Å². The topological polar surface area (TPSA) is 120 Å². The number of hydrogen-bond donors (Lipinski definition) is 1. The third-order valence-electron chi connectivity index (χ3n) is 6.92. The number of nitro groups is 1. The Hall–Kier alpha value is -5.07. The van der Waals surface area contributed by atoms with Crippen LogP contribution in [0.3, 0.4) is 0 Å². The predicted molar refractivity (Wildman–Crippen MR) is 169 cm³/mol. The van der Waals surface area contributed by atoms with Gasteiger partial charge in [-0.05, 0) is 54.6 Å². The van der Waals surface area contributed by atoms with E-state index in [1.54, 1.807) is 17.1 Å². The molecule has 3 aromatic carbocycles. The number of aromatic nitrogens is 3. The molecule has 0 saturated heterocycles. The number of nitrogens with one attached hydrogen (secondary N) is 1. The zero-order chi connectivity index (χ0) is 30.0. The molecule has 2 aromatic heterocycles. The number of hydrazine groups is 1. The molecule has 3 heterocycles. The lowest BCUT2D eigenvalue weighted by atomic mass is 10.1. The monoisotopic (exact) mass is 593 g/mol. The van der Waals surface area contributed by atoms with Crippen molar-refractivity contribution in [2.24, 2.45) is 4.99 Å². The van der Waals surface area contributed by atoms with Gasteiger partial charge in [0, 0.05) is 38.6 Å². The summed E-state index contributed by atoms with van der Waals surface area (Å²) in [4.78, 5) is 25.0. The van der Waals surface area contributed by atoms with E-state index in [4.69, 9.17) is 14.5 Å². The molecule has 5 aromatic rings. The summed E-state index contributed by atoms with van der Waals surface area (Å²) in [6.07, 6.45) is 3.48. The van der Waals surface area contributed by atoms with Crippen LogP contribution in [0.2, 0.25) is 25.7 Å². The van der Waals surface area contributed by atoms with Gasteiger partial charge < -0.3 is 14.0 Å². The Bertz CT molecular complexity index is 1780. The van der Waals surface area contributed by atoms with E-state index in [1.807, 2.05) is 65.4 Å². The average Bonchev–Trinajstić information content (AvgIpc) is 3.37. The summed E-state index contributed by atoms with van der Waals surface area (Å²) in [6.45, 7) is 7.98. The number of amidine groups is 1. The number of rotatable bonds is 10. The number of non-ortho nitro benzene ring substituents is 1. The average molecular weight is 594 g/mol. The van der Waals surface area contributed by atoms with Crippen LogP contribution in [0.15, 0.2) is 96.4 Å². The highest BCUT2D eigenvalue weighted by molar-refractivity contribution is 6.76. The minimum Gasteiger partial charge on any atom is -0.457 e. The van der Waals surface area contributed by atoms with Crippen molar-refractivity contribution < 1.29 is 14.4 Å². The zero-order valence-electron chi connectivity index (χ0n) is 24.1. The minimum absolute atomic E-state index is 0.00241. The van der Waals surface area contributed by atoms with Crippen LogP contribution in [0.25, 0.3) is 11.0 Å². The lowest BCUT2D eigenvalue weighted by Crippen LogP contribution is -2.42. The Kier molecular flexibility index (Phi) is 7.61. The van der Waals surface area contributed by atoms with Gasteiger partial charge >= 0.3 is 0 Å². The molecule has 1 aliphatic rings. The summed E-state index contributed by atoms with van der Waals surface area (Å²) in [6, 6.07) is 24.4. The van der Waals surface area contributed by atoms with Crippen LogP contribution in [0.5, 0.6) is 11.5 Å². The highest BCUT2D eigenvalue weighted by Crippen LogP contribution is 2.36. The zero-order valence-corrected chi connectivity index (χ0v) is 25.1. The first-order chi connectivity index (χ1) is 20.7. The molecule has 0 radical (unpaired) electrons. The van der Waals surface area contributed by atoms with E-state index in [1.165, 1.54) is 18.5 Å². The van der Waals surface area contributed by atoms with Crippen molar-refractivity contribution in [1.29, 1.82) is 0 Å². The van der Waals surface area contributed by atoms with Gasteiger partial charge in [0.25, 0.3) is 5.69 Å². The molecule has 11 nitrogen and oxygen atoms in total. The van der Waals surface area contributed by atoms with Crippen molar-refractivity contribution in [1.82, 2.24) is 20.0 Å². The van der Waals surface area contributed by atoms with E-state index < -0.39 is 13.0 Å². The van der Waals surface area contributed by atoms with Gasteiger partial charge in [0.2, 0.25) is 0 Å². The van der Waals surface area contributed by atoms with Crippen LogP contribution in [-0.2, 0) is 11.5 Å². The maximum atomic E-state index is 11.3. The largest absolute Gasteiger partial charge is 0.457 e. The molecular formula is C31H31N7O4Si. The SMILES string of the molecule is C[Si](C)(C)CCOCn1cc2c3c(ncnc31)N(c1ccc([N+](=O)[O-])cc1)NC2=Nc1ccc(Oc2ccccc2)cc1. The van der Waals surface area contributed by atoms with Gasteiger partial charge in [-0.2, -0.15) is 0 Å². The second-order valence-electron chi connectivity index (χ2n) is 11.3. The smallest absolute Gasteiger partial charge is 0.269 e. The Morgan fingerprint density at radius 1 is 0.953 bits per heavy atom. The molecule has 0 amide bonds. The molecule has 6 rings (SSSR count). The maximum absolute atomic E-state index is 11.3. The van der Waals surface area contributed by atoms with E-state index in [0.29, 0.717) is 47.8 Å².